The maximum absolute atomic E-state index is 13.3. The number of rotatable bonds is 3. The van der Waals surface area contributed by atoms with Crippen LogP contribution in [0.4, 0.5) is 10.1 Å². The third-order valence-corrected chi connectivity index (χ3v) is 3.45. The highest BCUT2D eigenvalue weighted by Gasteiger charge is 2.08. The van der Waals surface area contributed by atoms with Gasteiger partial charge in [-0.15, -0.1) is 11.3 Å². The first-order chi connectivity index (χ1) is 7.66. The van der Waals surface area contributed by atoms with Crippen molar-refractivity contribution in [2.75, 3.05) is 5.32 Å². The van der Waals surface area contributed by atoms with Crippen molar-refractivity contribution in [2.45, 2.75) is 13.0 Å². The van der Waals surface area contributed by atoms with E-state index in [9.17, 15) is 4.39 Å². The zero-order valence-electron chi connectivity index (χ0n) is 8.58. The molecule has 0 saturated heterocycles. The van der Waals surface area contributed by atoms with Crippen LogP contribution in [-0.4, -0.2) is 4.98 Å². The summed E-state index contributed by atoms with van der Waals surface area (Å²) in [6.45, 7) is 2.00. The van der Waals surface area contributed by atoms with Crippen LogP contribution in [0.2, 0.25) is 0 Å². The van der Waals surface area contributed by atoms with Gasteiger partial charge in [-0.05, 0) is 41.1 Å². The Bertz CT molecular complexity index is 473. The number of anilines is 1. The Labute approximate surface area is 106 Å². The fraction of sp³-hybridized carbons (Fsp3) is 0.182. The Kier molecular flexibility index (Phi) is 3.56. The number of thiazole rings is 1. The first-order valence-electron chi connectivity index (χ1n) is 4.76. The molecule has 0 aliphatic carbocycles. The van der Waals surface area contributed by atoms with Crippen LogP contribution in [-0.2, 0) is 0 Å². The maximum Gasteiger partial charge on any atom is 0.139 e. The first kappa shape index (κ1) is 11.5. The summed E-state index contributed by atoms with van der Waals surface area (Å²) in [5, 5.41) is 5.17. The van der Waals surface area contributed by atoms with Crippen LogP contribution in [0.15, 0.2) is 33.6 Å². The summed E-state index contributed by atoms with van der Waals surface area (Å²) in [6, 6.07) is 5.06. The number of nitrogens with zero attached hydrogens (tertiary/aromatic N) is 1. The summed E-state index contributed by atoms with van der Waals surface area (Å²) in [7, 11) is 0. The van der Waals surface area contributed by atoms with Crippen molar-refractivity contribution in [1.82, 2.24) is 4.98 Å². The van der Waals surface area contributed by atoms with Crippen molar-refractivity contribution in [3.05, 3.63) is 45.1 Å². The van der Waals surface area contributed by atoms with Crippen LogP contribution in [0.25, 0.3) is 0 Å². The third-order valence-electron chi connectivity index (χ3n) is 2.20. The van der Waals surface area contributed by atoms with Crippen molar-refractivity contribution >= 4 is 33.0 Å². The van der Waals surface area contributed by atoms with E-state index < -0.39 is 0 Å². The summed E-state index contributed by atoms with van der Waals surface area (Å²) in [5.74, 6) is -0.268. The molecule has 2 nitrogen and oxygen atoms in total. The Hall–Kier alpha value is -0.940. The number of hydrogen-bond acceptors (Lipinski definition) is 3. The molecule has 0 fully saturated rings. The van der Waals surface area contributed by atoms with E-state index in [2.05, 4.69) is 26.2 Å². The minimum atomic E-state index is -0.268. The number of aromatic nitrogens is 1. The second-order valence-corrected chi connectivity index (χ2v) is 4.98. The molecule has 5 heteroatoms. The normalized spacial score (nSPS) is 12.4. The molecular formula is C11H10BrFN2S. The minimum absolute atomic E-state index is 0.0758. The fourth-order valence-corrected chi connectivity index (χ4v) is 2.24. The van der Waals surface area contributed by atoms with Crippen molar-refractivity contribution in [1.29, 1.82) is 0 Å². The van der Waals surface area contributed by atoms with E-state index in [1.165, 1.54) is 6.07 Å². The molecule has 0 bridgehead atoms. The first-order valence-corrected chi connectivity index (χ1v) is 6.50. The summed E-state index contributed by atoms with van der Waals surface area (Å²) < 4.78 is 13.7. The molecule has 1 aromatic heterocycles. The van der Waals surface area contributed by atoms with Gasteiger partial charge < -0.3 is 5.32 Å². The molecule has 0 amide bonds. The predicted octanol–water partition coefficient (Wildman–Crippen LogP) is 4.22. The SMILES string of the molecule is CC(Nc1ccc(Br)c(F)c1)c1cscn1. The van der Waals surface area contributed by atoms with Crippen LogP contribution in [0.5, 0.6) is 0 Å². The molecule has 1 heterocycles. The zero-order chi connectivity index (χ0) is 11.5. The molecule has 16 heavy (non-hydrogen) atoms. The van der Waals surface area contributed by atoms with Gasteiger partial charge in [0.2, 0.25) is 0 Å². The van der Waals surface area contributed by atoms with E-state index in [0.29, 0.717) is 4.47 Å². The van der Waals surface area contributed by atoms with Crippen LogP contribution in [0.1, 0.15) is 18.7 Å². The molecule has 2 aromatic rings. The molecule has 2 rings (SSSR count). The van der Waals surface area contributed by atoms with Gasteiger partial charge in [0.05, 0.1) is 21.7 Å². The topological polar surface area (TPSA) is 24.9 Å². The van der Waals surface area contributed by atoms with Gasteiger partial charge in [0.25, 0.3) is 0 Å². The fourth-order valence-electron chi connectivity index (χ4n) is 1.35. The smallest absolute Gasteiger partial charge is 0.139 e. The van der Waals surface area contributed by atoms with Crippen molar-refractivity contribution in [3.8, 4) is 0 Å². The molecule has 0 spiro atoms. The molecule has 0 radical (unpaired) electrons. The van der Waals surface area contributed by atoms with Gasteiger partial charge in [-0.1, -0.05) is 0 Å². The van der Waals surface area contributed by atoms with Gasteiger partial charge >= 0.3 is 0 Å². The Morgan fingerprint density at radius 2 is 2.31 bits per heavy atom. The molecule has 0 aliphatic rings. The number of benzene rings is 1. The molecule has 1 unspecified atom stereocenters. The highest BCUT2D eigenvalue weighted by molar-refractivity contribution is 9.10. The summed E-state index contributed by atoms with van der Waals surface area (Å²) in [5.41, 5.74) is 3.50. The Morgan fingerprint density at radius 3 is 2.94 bits per heavy atom. The van der Waals surface area contributed by atoms with Gasteiger partial charge in [0.15, 0.2) is 0 Å². The lowest BCUT2D eigenvalue weighted by Crippen LogP contribution is -2.06. The maximum atomic E-state index is 13.3. The monoisotopic (exact) mass is 300 g/mol. The van der Waals surface area contributed by atoms with Crippen molar-refractivity contribution in [3.63, 3.8) is 0 Å². The van der Waals surface area contributed by atoms with E-state index in [1.54, 1.807) is 22.9 Å². The number of nitrogens with one attached hydrogen (secondary N) is 1. The molecule has 1 aromatic carbocycles. The predicted molar refractivity (Wildman–Crippen MR) is 68.3 cm³/mol. The quantitative estimate of drug-likeness (QED) is 0.918. The minimum Gasteiger partial charge on any atom is -0.377 e. The van der Waals surface area contributed by atoms with E-state index in [4.69, 9.17) is 0 Å². The van der Waals surface area contributed by atoms with Crippen LogP contribution < -0.4 is 5.32 Å². The lowest BCUT2D eigenvalue weighted by molar-refractivity contribution is 0.621. The largest absolute Gasteiger partial charge is 0.377 e. The van der Waals surface area contributed by atoms with Gasteiger partial charge in [-0.3, -0.25) is 0 Å². The van der Waals surface area contributed by atoms with Gasteiger partial charge in [-0.25, -0.2) is 9.37 Å². The highest BCUT2D eigenvalue weighted by atomic mass is 79.9. The second-order valence-electron chi connectivity index (χ2n) is 3.41. The summed E-state index contributed by atoms with van der Waals surface area (Å²) in [6.07, 6.45) is 0. The van der Waals surface area contributed by atoms with Crippen LogP contribution in [0, 0.1) is 5.82 Å². The van der Waals surface area contributed by atoms with Crippen molar-refractivity contribution in [2.24, 2.45) is 0 Å². The third kappa shape index (κ3) is 2.59. The van der Waals surface area contributed by atoms with Crippen LogP contribution >= 0.6 is 27.3 Å². The summed E-state index contributed by atoms with van der Waals surface area (Å²) >= 11 is 4.67. The van der Waals surface area contributed by atoms with Crippen molar-refractivity contribution < 1.29 is 4.39 Å². The molecule has 1 atom stereocenters. The van der Waals surface area contributed by atoms with E-state index in [1.807, 2.05) is 18.4 Å². The van der Waals surface area contributed by atoms with Gasteiger partial charge in [0, 0.05) is 11.1 Å². The molecule has 0 saturated carbocycles. The Morgan fingerprint density at radius 1 is 1.50 bits per heavy atom. The average molecular weight is 301 g/mol. The average Bonchev–Trinajstić information content (AvgIpc) is 2.77. The molecule has 0 aliphatic heterocycles. The van der Waals surface area contributed by atoms with E-state index in [0.717, 1.165) is 11.4 Å². The highest BCUT2D eigenvalue weighted by Crippen LogP contribution is 2.23. The zero-order valence-corrected chi connectivity index (χ0v) is 11.0. The standard InChI is InChI=1S/C11H10BrFN2S/c1-7(11-5-16-6-14-11)15-8-2-3-9(12)10(13)4-8/h2-7,15H,1H3. The molecule has 84 valence electrons. The molecule has 1 N–H and O–H groups in total. The Balaban J connectivity index is 2.12. The van der Waals surface area contributed by atoms with Gasteiger partial charge in [0.1, 0.15) is 5.82 Å². The second kappa shape index (κ2) is 4.93. The lowest BCUT2D eigenvalue weighted by Gasteiger charge is -2.13. The molecular weight excluding hydrogens is 291 g/mol. The van der Waals surface area contributed by atoms with E-state index in [-0.39, 0.29) is 11.9 Å². The number of hydrogen-bond donors (Lipinski definition) is 1. The van der Waals surface area contributed by atoms with Crippen LogP contribution in [0.3, 0.4) is 0 Å². The lowest BCUT2D eigenvalue weighted by atomic mass is 10.2. The summed E-state index contributed by atoms with van der Waals surface area (Å²) in [4.78, 5) is 4.21. The number of halogens is 2. The van der Waals surface area contributed by atoms with Gasteiger partial charge in [-0.2, -0.15) is 0 Å². The van der Waals surface area contributed by atoms with E-state index >= 15 is 0 Å².